The molecule has 4 aromatic rings. The van der Waals surface area contributed by atoms with Crippen molar-refractivity contribution in [1.29, 1.82) is 0 Å². The van der Waals surface area contributed by atoms with Crippen LogP contribution in [-0.2, 0) is 10.0 Å². The SMILES string of the molecule is O=c1[nH]c2cccc(N3CCN(CCCNS(=O)(=O)c4cc5cc(Cl)ccc5s4)CC3)c2[nH]1. The van der Waals surface area contributed by atoms with Crippen LogP contribution in [0.3, 0.4) is 0 Å². The van der Waals surface area contributed by atoms with Crippen LogP contribution in [0.25, 0.3) is 21.1 Å². The Kier molecular flexibility index (Phi) is 6.19. The summed E-state index contributed by atoms with van der Waals surface area (Å²) < 4.78 is 29.3. The van der Waals surface area contributed by atoms with Crippen molar-refractivity contribution in [3.63, 3.8) is 0 Å². The minimum atomic E-state index is -3.53. The number of nitrogens with zero attached hydrogens (tertiary/aromatic N) is 2. The number of hydrogen-bond donors (Lipinski definition) is 3. The van der Waals surface area contributed by atoms with Gasteiger partial charge < -0.3 is 14.9 Å². The minimum absolute atomic E-state index is 0.196. The van der Waals surface area contributed by atoms with Crippen molar-refractivity contribution in [3.8, 4) is 0 Å². The summed E-state index contributed by atoms with van der Waals surface area (Å²) in [6.45, 7) is 4.68. The predicted molar refractivity (Wildman–Crippen MR) is 134 cm³/mol. The number of benzene rings is 2. The van der Waals surface area contributed by atoms with Gasteiger partial charge in [-0.3, -0.25) is 4.90 Å². The average molecular weight is 506 g/mol. The lowest BCUT2D eigenvalue weighted by Gasteiger charge is -2.36. The summed E-state index contributed by atoms with van der Waals surface area (Å²) in [6.07, 6.45) is 0.733. The first kappa shape index (κ1) is 22.4. The van der Waals surface area contributed by atoms with Gasteiger partial charge in [-0.25, -0.2) is 17.9 Å². The van der Waals surface area contributed by atoms with Crippen molar-refractivity contribution < 1.29 is 8.42 Å². The molecule has 3 N–H and O–H groups in total. The zero-order valence-corrected chi connectivity index (χ0v) is 20.2. The quantitative estimate of drug-likeness (QED) is 0.335. The summed E-state index contributed by atoms with van der Waals surface area (Å²) >= 11 is 7.26. The van der Waals surface area contributed by atoms with Crippen molar-refractivity contribution >= 4 is 59.8 Å². The molecule has 1 saturated heterocycles. The number of halogens is 1. The molecule has 1 fully saturated rings. The second kappa shape index (κ2) is 9.11. The van der Waals surface area contributed by atoms with Crippen LogP contribution in [0.2, 0.25) is 5.02 Å². The van der Waals surface area contributed by atoms with Gasteiger partial charge in [-0.15, -0.1) is 11.3 Å². The normalized spacial score (nSPS) is 15.6. The van der Waals surface area contributed by atoms with E-state index >= 15 is 0 Å². The molecule has 0 unspecified atom stereocenters. The number of imidazole rings is 1. The molecule has 174 valence electrons. The smallest absolute Gasteiger partial charge is 0.323 e. The first-order valence-electron chi connectivity index (χ1n) is 10.8. The molecule has 1 aliphatic heterocycles. The van der Waals surface area contributed by atoms with E-state index in [1.54, 1.807) is 18.2 Å². The lowest BCUT2D eigenvalue weighted by molar-refractivity contribution is 0.255. The van der Waals surface area contributed by atoms with Gasteiger partial charge in [0.1, 0.15) is 4.21 Å². The molecular formula is C22H24ClN5O3S2. The van der Waals surface area contributed by atoms with Crippen LogP contribution < -0.4 is 15.3 Å². The molecule has 0 bridgehead atoms. The zero-order chi connectivity index (χ0) is 23.0. The maximum Gasteiger partial charge on any atom is 0.323 e. The highest BCUT2D eigenvalue weighted by Gasteiger charge is 2.20. The monoisotopic (exact) mass is 505 g/mol. The van der Waals surface area contributed by atoms with Crippen molar-refractivity contribution in [2.24, 2.45) is 0 Å². The number of hydrogen-bond acceptors (Lipinski definition) is 6. The molecule has 1 aliphatic rings. The number of para-hydroxylation sites is 1. The number of sulfonamides is 1. The van der Waals surface area contributed by atoms with E-state index in [2.05, 4.69) is 24.5 Å². The van der Waals surface area contributed by atoms with Gasteiger partial charge in [-0.05, 0) is 54.8 Å². The number of H-pyrrole nitrogens is 2. The Morgan fingerprint density at radius 2 is 1.88 bits per heavy atom. The third-order valence-electron chi connectivity index (χ3n) is 5.91. The van der Waals surface area contributed by atoms with Crippen LogP contribution in [0.5, 0.6) is 0 Å². The lowest BCUT2D eigenvalue weighted by Crippen LogP contribution is -2.47. The summed E-state index contributed by atoms with van der Waals surface area (Å²) in [4.78, 5) is 22.0. The van der Waals surface area contributed by atoms with Crippen molar-refractivity contribution in [1.82, 2.24) is 19.6 Å². The fourth-order valence-electron chi connectivity index (χ4n) is 4.22. The zero-order valence-electron chi connectivity index (χ0n) is 17.8. The van der Waals surface area contributed by atoms with E-state index < -0.39 is 10.0 Å². The first-order valence-corrected chi connectivity index (χ1v) is 13.4. The van der Waals surface area contributed by atoms with Crippen LogP contribution in [0, 0.1) is 0 Å². The summed E-state index contributed by atoms with van der Waals surface area (Å²) in [5.41, 5.74) is 2.49. The molecule has 33 heavy (non-hydrogen) atoms. The number of nitrogens with one attached hydrogen (secondary N) is 3. The van der Waals surface area contributed by atoms with Crippen molar-refractivity contribution in [3.05, 3.63) is 58.0 Å². The van der Waals surface area contributed by atoms with Crippen molar-refractivity contribution in [2.45, 2.75) is 10.6 Å². The van der Waals surface area contributed by atoms with Crippen LogP contribution in [0.15, 0.2) is 51.5 Å². The molecule has 0 spiro atoms. The molecular weight excluding hydrogens is 482 g/mol. The van der Waals surface area contributed by atoms with E-state index in [9.17, 15) is 13.2 Å². The number of piperazine rings is 1. The topological polar surface area (TPSA) is 101 Å². The average Bonchev–Trinajstić information content (AvgIpc) is 3.39. The maximum absolute atomic E-state index is 12.7. The van der Waals surface area contributed by atoms with E-state index in [1.807, 2.05) is 24.3 Å². The molecule has 0 aliphatic carbocycles. The predicted octanol–water partition coefficient (Wildman–Crippen LogP) is 3.21. The molecule has 0 amide bonds. The number of aromatic nitrogens is 2. The molecule has 2 aromatic carbocycles. The van der Waals surface area contributed by atoms with Crippen LogP contribution >= 0.6 is 22.9 Å². The number of aromatic amines is 2. The Morgan fingerprint density at radius 3 is 2.70 bits per heavy atom. The third-order valence-corrected chi connectivity index (χ3v) is 9.19. The highest BCUT2D eigenvalue weighted by atomic mass is 35.5. The highest BCUT2D eigenvalue weighted by molar-refractivity contribution is 7.91. The molecule has 11 heteroatoms. The number of rotatable bonds is 7. The Morgan fingerprint density at radius 1 is 1.06 bits per heavy atom. The minimum Gasteiger partial charge on any atom is -0.367 e. The van der Waals surface area contributed by atoms with E-state index in [-0.39, 0.29) is 5.69 Å². The fourth-order valence-corrected chi connectivity index (χ4v) is 6.90. The van der Waals surface area contributed by atoms with Gasteiger partial charge >= 0.3 is 5.69 Å². The van der Waals surface area contributed by atoms with E-state index in [0.29, 0.717) is 15.8 Å². The lowest BCUT2D eigenvalue weighted by atomic mass is 10.2. The Balaban J connectivity index is 1.12. The molecule has 2 aromatic heterocycles. The van der Waals surface area contributed by atoms with Crippen molar-refractivity contribution in [2.75, 3.05) is 44.2 Å². The fraction of sp³-hybridized carbons (Fsp3) is 0.318. The summed E-state index contributed by atoms with van der Waals surface area (Å²) in [6, 6.07) is 12.9. The summed E-state index contributed by atoms with van der Waals surface area (Å²) in [5, 5.41) is 1.43. The van der Waals surface area contributed by atoms with Crippen LogP contribution in [-0.4, -0.2) is 62.6 Å². The second-order valence-corrected chi connectivity index (χ2v) is 11.6. The van der Waals surface area contributed by atoms with Gasteiger partial charge in [0.05, 0.1) is 16.7 Å². The molecule has 0 radical (unpaired) electrons. The number of thiophene rings is 1. The Labute approximate surface area is 200 Å². The molecule has 0 saturated carbocycles. The van der Waals surface area contributed by atoms with E-state index in [1.165, 1.54) is 11.3 Å². The van der Waals surface area contributed by atoms with Gasteiger partial charge in [0.15, 0.2) is 0 Å². The Bertz CT molecular complexity index is 1450. The first-order chi connectivity index (χ1) is 15.9. The molecule has 3 heterocycles. The number of fused-ring (bicyclic) bond motifs is 2. The van der Waals surface area contributed by atoms with E-state index in [4.69, 9.17) is 11.6 Å². The maximum atomic E-state index is 12.7. The van der Waals surface area contributed by atoms with Crippen LogP contribution in [0.4, 0.5) is 5.69 Å². The molecule has 8 nitrogen and oxygen atoms in total. The molecule has 5 rings (SSSR count). The second-order valence-electron chi connectivity index (χ2n) is 8.11. The summed E-state index contributed by atoms with van der Waals surface area (Å²) in [7, 11) is -3.53. The van der Waals surface area contributed by atoms with E-state index in [0.717, 1.165) is 66.0 Å². The van der Waals surface area contributed by atoms with Gasteiger partial charge in [0.2, 0.25) is 10.0 Å². The standard InChI is InChI=1S/C22H24ClN5O3S2/c23-16-5-6-19-15(13-16)14-20(32-19)33(30,31)24-7-2-8-27-9-11-28(12-10-27)18-4-1-3-17-21(18)26-22(29)25-17/h1,3-6,13-14,24H,2,7-12H2,(H2,25,26,29). The third kappa shape index (κ3) is 4.80. The number of anilines is 1. The molecule has 0 atom stereocenters. The van der Waals surface area contributed by atoms with Crippen LogP contribution in [0.1, 0.15) is 6.42 Å². The van der Waals surface area contributed by atoms with Gasteiger partial charge in [0, 0.05) is 42.4 Å². The van der Waals surface area contributed by atoms with Gasteiger partial charge in [0.25, 0.3) is 0 Å². The highest BCUT2D eigenvalue weighted by Crippen LogP contribution is 2.30. The van der Waals surface area contributed by atoms with Gasteiger partial charge in [-0.1, -0.05) is 17.7 Å². The Hall–Kier alpha value is -2.37. The summed E-state index contributed by atoms with van der Waals surface area (Å²) in [5.74, 6) is 0. The van der Waals surface area contributed by atoms with Gasteiger partial charge in [-0.2, -0.15) is 0 Å². The largest absolute Gasteiger partial charge is 0.367 e.